The second-order valence-electron chi connectivity index (χ2n) is 5.07. The molecule has 1 heterocycles. The van der Waals surface area contributed by atoms with E-state index in [0.29, 0.717) is 11.4 Å². The average molecular weight is 302 g/mol. The summed E-state index contributed by atoms with van der Waals surface area (Å²) < 4.78 is 5.01. The van der Waals surface area contributed by atoms with E-state index in [2.05, 4.69) is 10.6 Å². The number of aliphatic hydroxyl groups excluding tert-OH is 1. The lowest BCUT2D eigenvalue weighted by molar-refractivity contribution is -0.136. The minimum Gasteiger partial charge on any atom is -0.467 e. The van der Waals surface area contributed by atoms with Gasteiger partial charge in [-0.05, 0) is 49.2 Å². The topological polar surface area (TPSA) is 91.6 Å². The summed E-state index contributed by atoms with van der Waals surface area (Å²) in [6.45, 7) is 3.71. The van der Waals surface area contributed by atoms with E-state index in [4.69, 9.17) is 4.42 Å². The highest BCUT2D eigenvalue weighted by Crippen LogP contribution is 2.14. The first kappa shape index (κ1) is 15.8. The van der Waals surface area contributed by atoms with Crippen molar-refractivity contribution in [3.05, 3.63) is 53.5 Å². The lowest BCUT2D eigenvalue weighted by Gasteiger charge is -2.10. The van der Waals surface area contributed by atoms with Crippen LogP contribution < -0.4 is 10.6 Å². The highest BCUT2D eigenvalue weighted by atomic mass is 16.4. The molecule has 3 N–H and O–H groups in total. The highest BCUT2D eigenvalue weighted by molar-refractivity contribution is 6.39. The van der Waals surface area contributed by atoms with Gasteiger partial charge in [0.15, 0.2) is 0 Å². The van der Waals surface area contributed by atoms with E-state index in [1.54, 1.807) is 24.3 Å². The molecular formula is C16H18N2O4. The first-order valence-electron chi connectivity index (χ1n) is 6.84. The Hall–Kier alpha value is -2.60. The second kappa shape index (κ2) is 6.91. The number of hydrogen-bond acceptors (Lipinski definition) is 4. The third kappa shape index (κ3) is 4.20. The minimum atomic E-state index is -0.993. The molecule has 2 amide bonds. The molecule has 1 aromatic heterocycles. The van der Waals surface area contributed by atoms with Crippen molar-refractivity contribution in [2.45, 2.75) is 20.0 Å². The fourth-order valence-electron chi connectivity index (χ4n) is 2.09. The van der Waals surface area contributed by atoms with Crippen LogP contribution in [-0.4, -0.2) is 23.5 Å². The molecule has 6 heteroatoms. The van der Waals surface area contributed by atoms with Crippen LogP contribution in [0, 0.1) is 13.8 Å². The molecule has 1 atom stereocenters. The van der Waals surface area contributed by atoms with Crippen molar-refractivity contribution in [2.75, 3.05) is 11.9 Å². The molecule has 6 nitrogen and oxygen atoms in total. The van der Waals surface area contributed by atoms with Crippen molar-refractivity contribution < 1.29 is 19.1 Å². The molecule has 2 aromatic rings. The summed E-state index contributed by atoms with van der Waals surface area (Å²) in [5.74, 6) is -1.27. The van der Waals surface area contributed by atoms with E-state index < -0.39 is 17.9 Å². The largest absolute Gasteiger partial charge is 0.467 e. The van der Waals surface area contributed by atoms with Crippen LogP contribution >= 0.6 is 0 Å². The predicted octanol–water partition coefficient (Wildman–Crippen LogP) is 1.68. The molecule has 0 saturated heterocycles. The number of rotatable bonds is 4. The molecule has 0 aliphatic rings. The van der Waals surface area contributed by atoms with Crippen molar-refractivity contribution in [1.29, 1.82) is 0 Å². The van der Waals surface area contributed by atoms with Gasteiger partial charge in [0.25, 0.3) is 0 Å². The second-order valence-corrected chi connectivity index (χ2v) is 5.07. The van der Waals surface area contributed by atoms with Gasteiger partial charge in [0, 0.05) is 5.69 Å². The SMILES string of the molecule is Cc1cc(C)cc(NC(=O)C(=O)NCC(O)c2ccco2)c1. The first-order valence-corrected chi connectivity index (χ1v) is 6.84. The number of anilines is 1. The number of benzene rings is 1. The summed E-state index contributed by atoms with van der Waals surface area (Å²) in [5.41, 5.74) is 2.54. The van der Waals surface area contributed by atoms with Gasteiger partial charge < -0.3 is 20.2 Å². The highest BCUT2D eigenvalue weighted by Gasteiger charge is 2.17. The summed E-state index contributed by atoms with van der Waals surface area (Å²) in [4.78, 5) is 23.5. The Morgan fingerprint density at radius 3 is 2.45 bits per heavy atom. The van der Waals surface area contributed by atoms with Gasteiger partial charge in [-0.1, -0.05) is 6.07 Å². The van der Waals surface area contributed by atoms with Crippen LogP contribution in [0.1, 0.15) is 23.0 Å². The number of furan rings is 1. The molecule has 116 valence electrons. The standard InChI is InChI=1S/C16H18N2O4/c1-10-6-11(2)8-12(7-10)18-16(21)15(20)17-9-13(19)14-4-3-5-22-14/h3-8,13,19H,9H2,1-2H3,(H,17,20)(H,18,21). The molecule has 2 rings (SSSR count). The zero-order chi connectivity index (χ0) is 16.1. The predicted molar refractivity (Wildman–Crippen MR) is 81.2 cm³/mol. The molecule has 0 bridgehead atoms. The third-order valence-corrected chi connectivity index (χ3v) is 3.01. The van der Waals surface area contributed by atoms with Gasteiger partial charge in [-0.2, -0.15) is 0 Å². The summed E-state index contributed by atoms with van der Waals surface area (Å²) in [5, 5.41) is 14.6. The monoisotopic (exact) mass is 302 g/mol. The summed E-state index contributed by atoms with van der Waals surface area (Å²) in [6, 6.07) is 8.74. The smallest absolute Gasteiger partial charge is 0.313 e. The minimum absolute atomic E-state index is 0.105. The van der Waals surface area contributed by atoms with Crippen LogP contribution in [0.25, 0.3) is 0 Å². The van der Waals surface area contributed by atoms with Crippen LogP contribution in [0.3, 0.4) is 0 Å². The zero-order valence-electron chi connectivity index (χ0n) is 12.4. The number of amides is 2. The van der Waals surface area contributed by atoms with Crippen LogP contribution in [0.4, 0.5) is 5.69 Å². The van der Waals surface area contributed by atoms with Crippen molar-refractivity contribution in [3.8, 4) is 0 Å². The maximum atomic E-state index is 11.8. The van der Waals surface area contributed by atoms with Crippen LogP contribution in [0.2, 0.25) is 0 Å². The van der Waals surface area contributed by atoms with Crippen molar-refractivity contribution in [3.63, 3.8) is 0 Å². The molecule has 0 aliphatic heterocycles. The zero-order valence-corrected chi connectivity index (χ0v) is 12.4. The van der Waals surface area contributed by atoms with Gasteiger partial charge in [0.2, 0.25) is 0 Å². The first-order chi connectivity index (χ1) is 10.5. The normalized spacial score (nSPS) is 11.8. The summed E-state index contributed by atoms with van der Waals surface area (Å²) >= 11 is 0. The fraction of sp³-hybridized carbons (Fsp3) is 0.250. The fourth-order valence-corrected chi connectivity index (χ4v) is 2.09. The summed E-state index contributed by atoms with van der Waals surface area (Å²) in [6.07, 6.45) is 0.431. The molecular weight excluding hydrogens is 284 g/mol. The maximum absolute atomic E-state index is 11.8. The van der Waals surface area contributed by atoms with Crippen molar-refractivity contribution >= 4 is 17.5 Å². The van der Waals surface area contributed by atoms with Crippen molar-refractivity contribution in [1.82, 2.24) is 5.32 Å². The van der Waals surface area contributed by atoms with Gasteiger partial charge in [-0.15, -0.1) is 0 Å². The quantitative estimate of drug-likeness (QED) is 0.749. The lowest BCUT2D eigenvalue weighted by Crippen LogP contribution is -2.37. The van der Waals surface area contributed by atoms with Crippen molar-refractivity contribution in [2.24, 2.45) is 0 Å². The Bertz CT molecular complexity index is 645. The van der Waals surface area contributed by atoms with Crippen LogP contribution in [-0.2, 0) is 9.59 Å². The van der Waals surface area contributed by atoms with Gasteiger partial charge in [-0.25, -0.2) is 0 Å². The Morgan fingerprint density at radius 2 is 1.86 bits per heavy atom. The number of aliphatic hydroxyl groups is 1. The van der Waals surface area contributed by atoms with Crippen LogP contribution in [0.15, 0.2) is 41.0 Å². The van der Waals surface area contributed by atoms with Crippen LogP contribution in [0.5, 0.6) is 0 Å². The molecule has 1 aromatic carbocycles. The number of hydrogen-bond donors (Lipinski definition) is 3. The number of carbonyl (C=O) groups is 2. The number of carbonyl (C=O) groups excluding carboxylic acids is 2. The molecule has 0 fully saturated rings. The summed E-state index contributed by atoms with van der Waals surface area (Å²) in [7, 11) is 0. The molecule has 22 heavy (non-hydrogen) atoms. The maximum Gasteiger partial charge on any atom is 0.313 e. The molecule has 0 spiro atoms. The van der Waals surface area contributed by atoms with Gasteiger partial charge in [-0.3, -0.25) is 9.59 Å². The van der Waals surface area contributed by atoms with E-state index >= 15 is 0 Å². The van der Waals surface area contributed by atoms with Gasteiger partial charge >= 0.3 is 11.8 Å². The molecule has 1 unspecified atom stereocenters. The van der Waals surface area contributed by atoms with E-state index in [0.717, 1.165) is 11.1 Å². The van der Waals surface area contributed by atoms with E-state index in [1.165, 1.54) is 6.26 Å². The Morgan fingerprint density at radius 1 is 1.18 bits per heavy atom. The Balaban J connectivity index is 1.88. The van der Waals surface area contributed by atoms with E-state index in [-0.39, 0.29) is 6.54 Å². The number of aryl methyl sites for hydroxylation is 2. The molecule has 0 radical (unpaired) electrons. The molecule has 0 aliphatic carbocycles. The van der Waals surface area contributed by atoms with Gasteiger partial charge in [0.05, 0.1) is 12.8 Å². The Kier molecular flexibility index (Phi) is 4.95. The average Bonchev–Trinajstić information content (AvgIpc) is 2.97. The molecule has 0 saturated carbocycles. The van der Waals surface area contributed by atoms with E-state index in [9.17, 15) is 14.7 Å². The third-order valence-electron chi connectivity index (χ3n) is 3.01. The number of nitrogens with one attached hydrogen (secondary N) is 2. The van der Waals surface area contributed by atoms with Gasteiger partial charge in [0.1, 0.15) is 11.9 Å². The Labute approximate surface area is 128 Å². The van der Waals surface area contributed by atoms with E-state index in [1.807, 2.05) is 19.9 Å². The lowest BCUT2D eigenvalue weighted by atomic mass is 10.1.